The number of piperazine rings is 1. The Kier molecular flexibility index (Phi) is 5.79. The summed E-state index contributed by atoms with van der Waals surface area (Å²) in [5.74, 6) is -1.21. The fourth-order valence-electron chi connectivity index (χ4n) is 3.69. The van der Waals surface area contributed by atoms with Crippen LogP contribution in [0.15, 0.2) is 35.2 Å². The summed E-state index contributed by atoms with van der Waals surface area (Å²) in [5, 5.41) is 0.0472. The summed E-state index contributed by atoms with van der Waals surface area (Å²) in [7, 11) is -3.68. The first-order chi connectivity index (χ1) is 13.1. The molecule has 0 aliphatic carbocycles. The second kappa shape index (κ2) is 7.81. The molecule has 2 aromatic carbocycles. The van der Waals surface area contributed by atoms with E-state index in [1.807, 2.05) is 19.1 Å². The minimum Gasteiger partial charge on any atom is -0.336 e. The maximum atomic E-state index is 14.0. The minimum absolute atomic E-state index is 0.0472. The second-order valence-electron chi connectivity index (χ2n) is 7.02. The average molecular weight is 425 g/mol. The first-order valence-electron chi connectivity index (χ1n) is 8.94. The predicted molar refractivity (Wildman–Crippen MR) is 107 cm³/mol. The third-order valence-electron chi connectivity index (χ3n) is 4.91. The van der Waals surface area contributed by atoms with Gasteiger partial charge in [-0.3, -0.25) is 4.79 Å². The van der Waals surface area contributed by atoms with E-state index in [2.05, 4.69) is 0 Å². The summed E-state index contributed by atoms with van der Waals surface area (Å²) in [4.78, 5) is 14.4. The summed E-state index contributed by atoms with van der Waals surface area (Å²) in [6.45, 7) is 6.13. The van der Waals surface area contributed by atoms with Gasteiger partial charge in [0.2, 0.25) is 10.0 Å². The van der Waals surface area contributed by atoms with Gasteiger partial charge >= 0.3 is 0 Å². The molecule has 28 heavy (non-hydrogen) atoms. The number of hydrogen-bond donors (Lipinski definition) is 0. The number of carbonyl (C=O) groups excluding carboxylic acids is 1. The van der Waals surface area contributed by atoms with Crippen LogP contribution in [-0.4, -0.2) is 49.7 Å². The van der Waals surface area contributed by atoms with Gasteiger partial charge in [-0.25, -0.2) is 12.8 Å². The van der Waals surface area contributed by atoms with Gasteiger partial charge in [0.15, 0.2) is 0 Å². The molecule has 0 spiro atoms. The fourth-order valence-corrected chi connectivity index (χ4v) is 5.77. The van der Waals surface area contributed by atoms with Crippen LogP contribution in [-0.2, 0) is 10.0 Å². The summed E-state index contributed by atoms with van der Waals surface area (Å²) >= 11 is 5.98. The van der Waals surface area contributed by atoms with Crippen molar-refractivity contribution in [2.75, 3.05) is 26.2 Å². The zero-order valence-electron chi connectivity index (χ0n) is 16.0. The van der Waals surface area contributed by atoms with E-state index in [9.17, 15) is 17.6 Å². The largest absolute Gasteiger partial charge is 0.336 e. The van der Waals surface area contributed by atoms with Gasteiger partial charge in [0.1, 0.15) is 5.82 Å². The molecule has 0 radical (unpaired) electrons. The number of halogens is 2. The minimum atomic E-state index is -3.68. The lowest BCUT2D eigenvalue weighted by molar-refractivity contribution is 0.0693. The lowest BCUT2D eigenvalue weighted by Gasteiger charge is -2.34. The number of aryl methyl sites for hydroxylation is 3. The Labute approximate surface area is 169 Å². The van der Waals surface area contributed by atoms with Gasteiger partial charge in [-0.1, -0.05) is 35.4 Å². The van der Waals surface area contributed by atoms with Gasteiger partial charge in [-0.2, -0.15) is 4.31 Å². The van der Waals surface area contributed by atoms with Gasteiger partial charge in [0.25, 0.3) is 5.91 Å². The molecule has 0 saturated carbocycles. The number of amides is 1. The molecule has 150 valence electrons. The lowest BCUT2D eigenvalue weighted by Crippen LogP contribution is -2.50. The van der Waals surface area contributed by atoms with Crippen LogP contribution in [0.4, 0.5) is 4.39 Å². The first-order valence-corrected chi connectivity index (χ1v) is 10.8. The van der Waals surface area contributed by atoms with E-state index in [1.54, 1.807) is 13.8 Å². The number of rotatable bonds is 3. The number of benzene rings is 2. The summed E-state index contributed by atoms with van der Waals surface area (Å²) in [5.41, 5.74) is 2.24. The standard InChI is InChI=1S/C20H22ClFN2O3S/c1-13-11-14(2)19(15(3)12-13)28(26,27)24-9-7-23(8-10-24)20(25)18-16(21)5-4-6-17(18)22/h4-6,11-12H,7-10H2,1-3H3. The molecule has 3 rings (SSSR count). The van der Waals surface area contributed by atoms with Gasteiger partial charge in [-0.15, -0.1) is 0 Å². The zero-order valence-corrected chi connectivity index (χ0v) is 17.6. The van der Waals surface area contributed by atoms with Crippen LogP contribution in [0, 0.1) is 26.6 Å². The molecule has 0 bridgehead atoms. The Morgan fingerprint density at radius 1 is 1.04 bits per heavy atom. The normalized spacial score (nSPS) is 15.7. The van der Waals surface area contributed by atoms with Crippen molar-refractivity contribution in [1.82, 2.24) is 9.21 Å². The van der Waals surface area contributed by atoms with Crippen molar-refractivity contribution in [3.05, 3.63) is 63.4 Å². The molecule has 1 heterocycles. The average Bonchev–Trinajstić information content (AvgIpc) is 2.60. The highest BCUT2D eigenvalue weighted by molar-refractivity contribution is 7.89. The SMILES string of the molecule is Cc1cc(C)c(S(=O)(=O)N2CCN(C(=O)c3c(F)cccc3Cl)CC2)c(C)c1. The Hall–Kier alpha value is -1.96. The van der Waals surface area contributed by atoms with Crippen molar-refractivity contribution < 1.29 is 17.6 Å². The number of nitrogens with zero attached hydrogens (tertiary/aromatic N) is 2. The van der Waals surface area contributed by atoms with Crippen LogP contribution in [0.25, 0.3) is 0 Å². The molecule has 1 aliphatic rings. The molecule has 8 heteroatoms. The van der Waals surface area contributed by atoms with Crippen molar-refractivity contribution >= 4 is 27.5 Å². The Morgan fingerprint density at radius 2 is 1.61 bits per heavy atom. The van der Waals surface area contributed by atoms with Gasteiger partial charge in [0.05, 0.1) is 15.5 Å². The van der Waals surface area contributed by atoms with E-state index >= 15 is 0 Å². The second-order valence-corrected chi connectivity index (χ2v) is 9.30. The van der Waals surface area contributed by atoms with Crippen LogP contribution < -0.4 is 0 Å². The molecular weight excluding hydrogens is 403 g/mol. The van der Waals surface area contributed by atoms with E-state index < -0.39 is 21.7 Å². The highest BCUT2D eigenvalue weighted by atomic mass is 35.5. The first kappa shape index (κ1) is 20.8. The van der Waals surface area contributed by atoms with Crippen LogP contribution in [0.3, 0.4) is 0 Å². The van der Waals surface area contributed by atoms with Crippen LogP contribution in [0.2, 0.25) is 5.02 Å². The maximum Gasteiger partial charge on any atom is 0.258 e. The Morgan fingerprint density at radius 3 is 2.14 bits per heavy atom. The van der Waals surface area contributed by atoms with E-state index in [4.69, 9.17) is 11.6 Å². The van der Waals surface area contributed by atoms with E-state index in [0.717, 1.165) is 5.56 Å². The zero-order chi connectivity index (χ0) is 20.6. The van der Waals surface area contributed by atoms with E-state index in [0.29, 0.717) is 16.0 Å². The lowest BCUT2D eigenvalue weighted by atomic mass is 10.1. The number of hydrogen-bond acceptors (Lipinski definition) is 3. The number of sulfonamides is 1. The molecule has 0 N–H and O–H groups in total. The highest BCUT2D eigenvalue weighted by Crippen LogP contribution is 2.27. The topological polar surface area (TPSA) is 57.7 Å². The predicted octanol–water partition coefficient (Wildman–Crippen LogP) is 3.55. The van der Waals surface area contributed by atoms with Gasteiger partial charge in [0, 0.05) is 26.2 Å². The van der Waals surface area contributed by atoms with Crippen molar-refractivity contribution in [3.8, 4) is 0 Å². The third-order valence-corrected chi connectivity index (χ3v) is 7.42. The monoisotopic (exact) mass is 424 g/mol. The molecular formula is C20H22ClFN2O3S. The van der Waals surface area contributed by atoms with Crippen molar-refractivity contribution in [1.29, 1.82) is 0 Å². The molecule has 0 unspecified atom stereocenters. The Balaban J connectivity index is 1.79. The molecule has 0 atom stereocenters. The van der Waals surface area contributed by atoms with E-state index in [-0.39, 0.29) is 36.8 Å². The van der Waals surface area contributed by atoms with Crippen LogP contribution >= 0.6 is 11.6 Å². The Bertz CT molecular complexity index is 988. The van der Waals surface area contributed by atoms with Crippen molar-refractivity contribution in [3.63, 3.8) is 0 Å². The molecule has 1 saturated heterocycles. The molecule has 1 fully saturated rings. The number of carbonyl (C=O) groups is 1. The quantitative estimate of drug-likeness (QED) is 0.757. The van der Waals surface area contributed by atoms with Crippen LogP contribution in [0.1, 0.15) is 27.0 Å². The van der Waals surface area contributed by atoms with Gasteiger partial charge in [-0.05, 0) is 44.0 Å². The summed E-state index contributed by atoms with van der Waals surface area (Å²) in [6, 6.07) is 7.77. The molecule has 1 aliphatic heterocycles. The summed E-state index contributed by atoms with van der Waals surface area (Å²) in [6.07, 6.45) is 0. The molecule has 1 amide bonds. The maximum absolute atomic E-state index is 14.0. The smallest absolute Gasteiger partial charge is 0.258 e. The van der Waals surface area contributed by atoms with E-state index in [1.165, 1.54) is 27.4 Å². The van der Waals surface area contributed by atoms with Gasteiger partial charge < -0.3 is 4.90 Å². The highest BCUT2D eigenvalue weighted by Gasteiger charge is 2.33. The molecule has 0 aromatic heterocycles. The third kappa shape index (κ3) is 3.79. The van der Waals surface area contributed by atoms with Crippen molar-refractivity contribution in [2.45, 2.75) is 25.7 Å². The molecule has 2 aromatic rings. The summed E-state index contributed by atoms with van der Waals surface area (Å²) < 4.78 is 41.7. The van der Waals surface area contributed by atoms with Crippen molar-refractivity contribution in [2.24, 2.45) is 0 Å². The van der Waals surface area contributed by atoms with Crippen LogP contribution in [0.5, 0.6) is 0 Å². The fraction of sp³-hybridized carbons (Fsp3) is 0.350. The molecule has 5 nitrogen and oxygen atoms in total.